The molecule has 2 fully saturated rings. The van der Waals surface area contributed by atoms with Crippen molar-refractivity contribution in [3.8, 4) is 0 Å². The highest BCUT2D eigenvalue weighted by Gasteiger charge is 2.51. The van der Waals surface area contributed by atoms with Gasteiger partial charge in [-0.05, 0) is 18.2 Å². The van der Waals surface area contributed by atoms with Crippen LogP contribution in [0.1, 0.15) is 10.4 Å². The van der Waals surface area contributed by atoms with Crippen molar-refractivity contribution in [3.63, 3.8) is 0 Å². The molecule has 0 saturated carbocycles. The molecule has 0 radical (unpaired) electrons. The quantitative estimate of drug-likeness (QED) is 0.874. The normalized spacial score (nSPS) is 29.9. The van der Waals surface area contributed by atoms with Crippen LogP contribution in [0.4, 0.5) is 10.8 Å². The standard InChI is InChI=1S/C18H17N3O2S/c22-17(21-9-13-14(10-21)16-5-4-15(13)23-16)11-2-1-3-12(8-11)20-18-19-6-7-24-18/h1-8,13-16H,9-10H2,(H,19,20). The SMILES string of the molecule is O=C(c1cccc(Nc2nccs2)c1)N1CC2C3C=CC(O3)C2C1. The number of hydrogen-bond donors (Lipinski definition) is 1. The van der Waals surface area contributed by atoms with Crippen LogP contribution in [0.2, 0.25) is 0 Å². The van der Waals surface area contributed by atoms with Crippen molar-refractivity contribution in [1.29, 1.82) is 0 Å². The Morgan fingerprint density at radius 1 is 1.25 bits per heavy atom. The van der Waals surface area contributed by atoms with E-state index >= 15 is 0 Å². The Labute approximate surface area is 144 Å². The van der Waals surface area contributed by atoms with Crippen molar-refractivity contribution >= 4 is 28.1 Å². The second kappa shape index (κ2) is 5.43. The summed E-state index contributed by atoms with van der Waals surface area (Å²) in [6, 6.07) is 7.65. The van der Waals surface area contributed by atoms with Gasteiger partial charge in [-0.3, -0.25) is 4.79 Å². The zero-order valence-electron chi connectivity index (χ0n) is 13.0. The molecule has 5 rings (SSSR count). The van der Waals surface area contributed by atoms with E-state index in [1.807, 2.05) is 34.5 Å². The largest absolute Gasteiger partial charge is 0.366 e. The predicted octanol–water partition coefficient (Wildman–Crippen LogP) is 2.91. The van der Waals surface area contributed by atoms with Crippen LogP contribution in [0.15, 0.2) is 48.0 Å². The molecule has 6 heteroatoms. The lowest BCUT2D eigenvalue weighted by molar-refractivity contribution is 0.0656. The first-order valence-corrected chi connectivity index (χ1v) is 9.05. The van der Waals surface area contributed by atoms with E-state index in [2.05, 4.69) is 22.5 Å². The first-order chi connectivity index (χ1) is 11.8. The van der Waals surface area contributed by atoms with Crippen molar-refractivity contribution < 1.29 is 9.53 Å². The van der Waals surface area contributed by atoms with E-state index in [9.17, 15) is 4.79 Å². The molecule has 2 aromatic rings. The van der Waals surface area contributed by atoms with Gasteiger partial charge in [-0.25, -0.2) is 4.98 Å². The molecule has 0 spiro atoms. The molecule has 122 valence electrons. The molecular formula is C18H17N3O2S. The third kappa shape index (κ3) is 2.25. The number of carbonyl (C=O) groups excluding carboxylic acids is 1. The number of nitrogens with one attached hydrogen (secondary N) is 1. The molecule has 4 unspecified atom stereocenters. The highest BCUT2D eigenvalue weighted by molar-refractivity contribution is 7.13. The summed E-state index contributed by atoms with van der Waals surface area (Å²) in [6.45, 7) is 1.58. The van der Waals surface area contributed by atoms with Gasteiger partial charge in [0.1, 0.15) is 0 Å². The molecule has 24 heavy (non-hydrogen) atoms. The Kier molecular flexibility index (Phi) is 3.21. The van der Waals surface area contributed by atoms with E-state index in [0.717, 1.165) is 29.5 Å². The number of rotatable bonds is 3. The Hall–Kier alpha value is -2.18. The maximum atomic E-state index is 12.9. The number of fused-ring (bicyclic) bond motifs is 5. The summed E-state index contributed by atoms with van der Waals surface area (Å²) in [4.78, 5) is 19.1. The van der Waals surface area contributed by atoms with Gasteiger partial charge >= 0.3 is 0 Å². The van der Waals surface area contributed by atoms with Gasteiger partial charge in [0.2, 0.25) is 0 Å². The minimum Gasteiger partial charge on any atom is -0.366 e. The third-order valence-electron chi connectivity index (χ3n) is 5.14. The monoisotopic (exact) mass is 339 g/mol. The summed E-state index contributed by atoms with van der Waals surface area (Å²) in [5.74, 6) is 1.02. The number of amides is 1. The Morgan fingerprint density at radius 2 is 2.04 bits per heavy atom. The van der Waals surface area contributed by atoms with E-state index in [4.69, 9.17) is 4.74 Å². The van der Waals surface area contributed by atoms with Crippen LogP contribution in [-0.4, -0.2) is 41.1 Å². The summed E-state index contributed by atoms with van der Waals surface area (Å²) in [6.07, 6.45) is 6.47. The lowest BCUT2D eigenvalue weighted by Crippen LogP contribution is -2.31. The molecule has 5 nitrogen and oxygen atoms in total. The summed E-state index contributed by atoms with van der Waals surface area (Å²) in [5, 5.41) is 5.99. The summed E-state index contributed by atoms with van der Waals surface area (Å²) in [5.41, 5.74) is 1.61. The van der Waals surface area contributed by atoms with E-state index in [1.165, 1.54) is 11.3 Å². The van der Waals surface area contributed by atoms with E-state index in [-0.39, 0.29) is 18.1 Å². The fourth-order valence-electron chi connectivity index (χ4n) is 4.01. The van der Waals surface area contributed by atoms with Crippen LogP contribution in [-0.2, 0) is 4.74 Å². The minimum absolute atomic E-state index is 0.103. The van der Waals surface area contributed by atoms with E-state index < -0.39 is 0 Å². The summed E-state index contributed by atoms with van der Waals surface area (Å²) >= 11 is 1.54. The van der Waals surface area contributed by atoms with Crippen molar-refractivity contribution in [1.82, 2.24) is 9.88 Å². The van der Waals surface area contributed by atoms with E-state index in [0.29, 0.717) is 11.8 Å². The smallest absolute Gasteiger partial charge is 0.253 e. The number of thiazole rings is 1. The average molecular weight is 339 g/mol. The number of benzene rings is 1. The second-order valence-corrected chi connectivity index (χ2v) is 7.43. The molecule has 0 aliphatic carbocycles. The number of carbonyl (C=O) groups is 1. The fraction of sp³-hybridized carbons (Fsp3) is 0.333. The first kappa shape index (κ1) is 14.2. The third-order valence-corrected chi connectivity index (χ3v) is 5.83. The van der Waals surface area contributed by atoms with Crippen molar-refractivity contribution in [3.05, 3.63) is 53.6 Å². The van der Waals surface area contributed by atoms with Crippen LogP contribution in [0, 0.1) is 11.8 Å². The van der Waals surface area contributed by atoms with Crippen LogP contribution in [0.5, 0.6) is 0 Å². The summed E-state index contributed by atoms with van der Waals surface area (Å²) in [7, 11) is 0. The molecule has 1 amide bonds. The Bertz CT molecular complexity index is 784. The zero-order valence-corrected chi connectivity index (χ0v) is 13.8. The number of nitrogens with zero attached hydrogens (tertiary/aromatic N) is 2. The Morgan fingerprint density at radius 3 is 2.75 bits per heavy atom. The van der Waals surface area contributed by atoms with Gasteiger partial charge in [0.15, 0.2) is 5.13 Å². The van der Waals surface area contributed by atoms with Crippen molar-refractivity contribution in [2.24, 2.45) is 11.8 Å². The van der Waals surface area contributed by atoms with Crippen LogP contribution in [0.3, 0.4) is 0 Å². The molecule has 2 saturated heterocycles. The average Bonchev–Trinajstić information content (AvgIpc) is 3.35. The molecule has 1 aromatic heterocycles. The molecule has 4 atom stereocenters. The van der Waals surface area contributed by atoms with Gasteiger partial charge in [-0.1, -0.05) is 18.2 Å². The van der Waals surface area contributed by atoms with Crippen LogP contribution in [0.25, 0.3) is 0 Å². The van der Waals surface area contributed by atoms with Gasteiger partial charge in [0, 0.05) is 47.8 Å². The first-order valence-electron chi connectivity index (χ1n) is 8.17. The molecule has 3 aliphatic heterocycles. The Balaban J connectivity index is 1.33. The van der Waals surface area contributed by atoms with E-state index in [1.54, 1.807) is 6.20 Å². The molecule has 1 N–H and O–H groups in total. The van der Waals surface area contributed by atoms with Crippen LogP contribution < -0.4 is 5.32 Å². The highest BCUT2D eigenvalue weighted by atomic mass is 32.1. The predicted molar refractivity (Wildman–Crippen MR) is 92.5 cm³/mol. The maximum absolute atomic E-state index is 12.9. The highest BCUT2D eigenvalue weighted by Crippen LogP contribution is 2.43. The van der Waals surface area contributed by atoms with Crippen LogP contribution >= 0.6 is 11.3 Å². The van der Waals surface area contributed by atoms with Crippen molar-refractivity contribution in [2.45, 2.75) is 12.2 Å². The number of likely N-dealkylation sites (tertiary alicyclic amines) is 1. The lowest BCUT2D eigenvalue weighted by Gasteiger charge is -2.19. The second-order valence-electron chi connectivity index (χ2n) is 6.53. The molecule has 2 bridgehead atoms. The maximum Gasteiger partial charge on any atom is 0.253 e. The lowest BCUT2D eigenvalue weighted by atomic mass is 9.86. The summed E-state index contributed by atoms with van der Waals surface area (Å²) < 4.78 is 5.89. The van der Waals surface area contributed by atoms with Gasteiger partial charge in [0.05, 0.1) is 12.2 Å². The number of ether oxygens (including phenoxy) is 1. The number of hydrogen-bond acceptors (Lipinski definition) is 5. The van der Waals surface area contributed by atoms with Gasteiger partial charge in [-0.2, -0.15) is 0 Å². The molecule has 3 aliphatic rings. The molecular weight excluding hydrogens is 322 g/mol. The molecule has 1 aromatic carbocycles. The fourth-order valence-corrected chi connectivity index (χ4v) is 4.56. The zero-order chi connectivity index (χ0) is 16.1. The van der Waals surface area contributed by atoms with Gasteiger partial charge in [-0.15, -0.1) is 11.3 Å². The van der Waals surface area contributed by atoms with Crippen molar-refractivity contribution in [2.75, 3.05) is 18.4 Å². The van der Waals surface area contributed by atoms with Gasteiger partial charge in [0.25, 0.3) is 5.91 Å². The number of aromatic nitrogens is 1. The topological polar surface area (TPSA) is 54.5 Å². The molecule has 4 heterocycles. The minimum atomic E-state index is 0.103. The number of anilines is 2. The van der Waals surface area contributed by atoms with Gasteiger partial charge < -0.3 is 15.0 Å².